The Bertz CT molecular complexity index is 650. The molecule has 2 rings (SSSR count). The highest BCUT2D eigenvalue weighted by atomic mass is 32.1. The molecule has 0 aliphatic rings. The summed E-state index contributed by atoms with van der Waals surface area (Å²) in [7, 11) is 0. The highest BCUT2D eigenvalue weighted by Crippen LogP contribution is 2.21. The summed E-state index contributed by atoms with van der Waals surface area (Å²) in [5, 5.41) is 15.4. The van der Waals surface area contributed by atoms with Crippen LogP contribution in [0.25, 0.3) is 0 Å². The number of amides is 1. The Morgan fingerprint density at radius 3 is 2.71 bits per heavy atom. The van der Waals surface area contributed by atoms with Gasteiger partial charge < -0.3 is 10.4 Å². The average molecular weight is 346 g/mol. The first-order valence-corrected chi connectivity index (χ1v) is 9.14. The molecule has 1 atom stereocenters. The van der Waals surface area contributed by atoms with E-state index in [1.807, 2.05) is 37.4 Å². The van der Waals surface area contributed by atoms with E-state index in [1.54, 1.807) is 18.3 Å². The van der Waals surface area contributed by atoms with E-state index >= 15 is 0 Å². The maximum atomic E-state index is 12.1. The second-order valence-corrected chi connectivity index (χ2v) is 8.01. The summed E-state index contributed by atoms with van der Waals surface area (Å²) in [6.45, 7) is 6.41. The quantitative estimate of drug-likeness (QED) is 0.772. The molecule has 0 radical (unpaired) electrons. The molecule has 4 nitrogen and oxygen atoms in total. The van der Waals surface area contributed by atoms with Crippen molar-refractivity contribution >= 4 is 17.2 Å². The van der Waals surface area contributed by atoms with Crippen LogP contribution in [-0.2, 0) is 17.6 Å². The fraction of sp³-hybridized carbons (Fsp3) is 0.474. The zero-order chi connectivity index (χ0) is 17.6. The second-order valence-electron chi connectivity index (χ2n) is 7.07. The fourth-order valence-corrected chi connectivity index (χ4v) is 3.55. The summed E-state index contributed by atoms with van der Waals surface area (Å²) < 4.78 is 0. The molecule has 0 saturated carbocycles. The van der Waals surface area contributed by atoms with Gasteiger partial charge in [0.25, 0.3) is 0 Å². The molecule has 1 heterocycles. The predicted octanol–water partition coefficient (Wildman–Crippen LogP) is 3.19. The first kappa shape index (κ1) is 18.6. The van der Waals surface area contributed by atoms with Gasteiger partial charge in [0.1, 0.15) is 0 Å². The van der Waals surface area contributed by atoms with Crippen molar-refractivity contribution in [1.82, 2.24) is 10.3 Å². The Hall–Kier alpha value is -1.72. The molecule has 1 aromatic heterocycles. The van der Waals surface area contributed by atoms with Gasteiger partial charge in [0, 0.05) is 18.3 Å². The minimum Gasteiger partial charge on any atom is -0.393 e. The highest BCUT2D eigenvalue weighted by Gasteiger charge is 2.21. The number of benzene rings is 1. The molecule has 0 bridgehead atoms. The topological polar surface area (TPSA) is 62.2 Å². The molecule has 0 saturated heterocycles. The number of aliphatic hydroxyl groups is 1. The van der Waals surface area contributed by atoms with Crippen molar-refractivity contribution in [3.05, 3.63) is 52.0 Å². The molecule has 2 aromatic rings. The average Bonchev–Trinajstić information content (AvgIpc) is 2.92. The van der Waals surface area contributed by atoms with Gasteiger partial charge in [-0.25, -0.2) is 4.98 Å². The van der Waals surface area contributed by atoms with Crippen LogP contribution in [0.4, 0.5) is 0 Å². The van der Waals surface area contributed by atoms with Crippen LogP contribution in [0.3, 0.4) is 0 Å². The van der Waals surface area contributed by atoms with Crippen LogP contribution in [-0.4, -0.2) is 28.6 Å². The van der Waals surface area contributed by atoms with Crippen LogP contribution in [0, 0.1) is 5.41 Å². The summed E-state index contributed by atoms with van der Waals surface area (Å²) in [4.78, 5) is 16.7. The number of nitrogens with zero attached hydrogens (tertiary/aromatic N) is 1. The van der Waals surface area contributed by atoms with E-state index < -0.39 is 0 Å². The molecule has 5 heteroatoms. The lowest BCUT2D eigenvalue weighted by Crippen LogP contribution is -2.36. The Morgan fingerprint density at radius 1 is 1.33 bits per heavy atom. The molecule has 1 aromatic carbocycles. The van der Waals surface area contributed by atoms with Gasteiger partial charge in [0.2, 0.25) is 5.91 Å². The van der Waals surface area contributed by atoms with Crippen molar-refractivity contribution in [3.63, 3.8) is 0 Å². The van der Waals surface area contributed by atoms with Gasteiger partial charge >= 0.3 is 0 Å². The number of hydrogen-bond acceptors (Lipinski definition) is 4. The van der Waals surface area contributed by atoms with Crippen molar-refractivity contribution in [3.8, 4) is 0 Å². The number of hydrogen-bond donors (Lipinski definition) is 2. The van der Waals surface area contributed by atoms with E-state index in [-0.39, 0.29) is 17.4 Å². The molecular formula is C19H26N2O2S. The zero-order valence-electron chi connectivity index (χ0n) is 14.6. The SMILES string of the molecule is CC(O)CC(C)(C)CNC(=O)Cc1csc(Cc2ccccc2)n1. The lowest BCUT2D eigenvalue weighted by molar-refractivity contribution is -0.121. The third-order valence-electron chi connectivity index (χ3n) is 3.75. The van der Waals surface area contributed by atoms with E-state index in [0.29, 0.717) is 19.4 Å². The molecular weight excluding hydrogens is 320 g/mol. The largest absolute Gasteiger partial charge is 0.393 e. The van der Waals surface area contributed by atoms with Crippen molar-refractivity contribution < 1.29 is 9.90 Å². The third kappa shape index (κ3) is 6.42. The number of carbonyl (C=O) groups is 1. The highest BCUT2D eigenvalue weighted by molar-refractivity contribution is 7.09. The van der Waals surface area contributed by atoms with Crippen LogP contribution >= 0.6 is 11.3 Å². The van der Waals surface area contributed by atoms with Crippen molar-refractivity contribution in [2.45, 2.75) is 46.1 Å². The van der Waals surface area contributed by atoms with Crippen molar-refractivity contribution in [2.24, 2.45) is 5.41 Å². The van der Waals surface area contributed by atoms with Crippen molar-refractivity contribution in [2.75, 3.05) is 6.54 Å². The minimum atomic E-state index is -0.365. The van der Waals surface area contributed by atoms with Crippen LogP contribution in [0.5, 0.6) is 0 Å². The van der Waals surface area contributed by atoms with Crippen molar-refractivity contribution in [1.29, 1.82) is 0 Å². The molecule has 0 spiro atoms. The molecule has 0 aliphatic heterocycles. The number of thiazole rings is 1. The van der Waals surface area contributed by atoms with Gasteiger partial charge in [0.05, 0.1) is 23.2 Å². The molecule has 24 heavy (non-hydrogen) atoms. The first-order valence-electron chi connectivity index (χ1n) is 8.26. The number of nitrogens with one attached hydrogen (secondary N) is 1. The van der Waals surface area contributed by atoms with Gasteiger partial charge in [-0.15, -0.1) is 11.3 Å². The third-order valence-corrected chi connectivity index (χ3v) is 4.65. The van der Waals surface area contributed by atoms with Crippen LogP contribution in [0.1, 0.15) is 43.5 Å². The summed E-state index contributed by atoms with van der Waals surface area (Å²) in [5.74, 6) is -0.0229. The van der Waals surface area contributed by atoms with E-state index in [2.05, 4.69) is 22.4 Å². The predicted molar refractivity (Wildman–Crippen MR) is 98.2 cm³/mol. The molecule has 1 amide bonds. The van der Waals surface area contributed by atoms with Gasteiger partial charge in [-0.3, -0.25) is 4.79 Å². The van der Waals surface area contributed by atoms with E-state index in [9.17, 15) is 9.90 Å². The van der Waals surface area contributed by atoms with Gasteiger partial charge in [-0.2, -0.15) is 0 Å². The van der Waals surface area contributed by atoms with Crippen LogP contribution in [0.2, 0.25) is 0 Å². The van der Waals surface area contributed by atoms with E-state index in [0.717, 1.165) is 17.1 Å². The van der Waals surface area contributed by atoms with Crippen LogP contribution < -0.4 is 5.32 Å². The molecule has 0 aliphatic carbocycles. The maximum absolute atomic E-state index is 12.1. The van der Waals surface area contributed by atoms with E-state index in [1.165, 1.54) is 5.56 Å². The van der Waals surface area contributed by atoms with Gasteiger partial charge in [-0.05, 0) is 24.3 Å². The number of aliphatic hydroxyl groups excluding tert-OH is 1. The lowest BCUT2D eigenvalue weighted by atomic mass is 9.87. The fourth-order valence-electron chi connectivity index (χ4n) is 2.72. The zero-order valence-corrected chi connectivity index (χ0v) is 15.4. The summed E-state index contributed by atoms with van der Waals surface area (Å²) in [5.41, 5.74) is 1.92. The van der Waals surface area contributed by atoms with Gasteiger partial charge in [0.15, 0.2) is 0 Å². The lowest BCUT2D eigenvalue weighted by Gasteiger charge is -2.26. The molecule has 2 N–H and O–H groups in total. The van der Waals surface area contributed by atoms with Crippen LogP contribution in [0.15, 0.2) is 35.7 Å². The Labute approximate surface area is 148 Å². The number of rotatable bonds is 8. The molecule has 0 fully saturated rings. The standard InChI is InChI=1S/C19H26N2O2S/c1-14(22)11-19(2,3)13-20-17(23)10-16-12-24-18(21-16)9-15-7-5-4-6-8-15/h4-8,12,14,22H,9-11,13H2,1-3H3,(H,20,23). The summed E-state index contributed by atoms with van der Waals surface area (Å²) >= 11 is 1.59. The first-order chi connectivity index (χ1) is 11.3. The Balaban J connectivity index is 1.82. The van der Waals surface area contributed by atoms with Gasteiger partial charge in [-0.1, -0.05) is 44.2 Å². The van der Waals surface area contributed by atoms with E-state index in [4.69, 9.17) is 0 Å². The maximum Gasteiger partial charge on any atom is 0.226 e. The Kier molecular flexibility index (Phi) is 6.52. The summed E-state index contributed by atoms with van der Waals surface area (Å²) in [6, 6.07) is 10.2. The second kappa shape index (κ2) is 8.40. The molecule has 1 unspecified atom stereocenters. The monoisotopic (exact) mass is 346 g/mol. The normalized spacial score (nSPS) is 12.8. The number of aromatic nitrogens is 1. The minimum absolute atomic E-state index is 0.0229. The number of carbonyl (C=O) groups excluding carboxylic acids is 1. The molecule has 130 valence electrons. The Morgan fingerprint density at radius 2 is 2.04 bits per heavy atom. The summed E-state index contributed by atoms with van der Waals surface area (Å²) in [6.07, 6.45) is 1.39. The smallest absolute Gasteiger partial charge is 0.226 e.